The van der Waals surface area contributed by atoms with Gasteiger partial charge in [0.15, 0.2) is 0 Å². The third kappa shape index (κ3) is 3.98. The van der Waals surface area contributed by atoms with Crippen molar-refractivity contribution >= 4 is 0 Å². The van der Waals surface area contributed by atoms with E-state index in [9.17, 15) is 13.2 Å². The lowest BCUT2D eigenvalue weighted by Crippen LogP contribution is -2.45. The quantitative estimate of drug-likeness (QED) is 0.923. The maximum Gasteiger partial charge on any atom is 0.391 e. The molecular weight excluding hydrogens is 277 g/mol. The number of aryl methyl sites for hydroxylation is 1. The molecule has 0 aromatic heterocycles. The summed E-state index contributed by atoms with van der Waals surface area (Å²) >= 11 is 0. The first-order chi connectivity index (χ1) is 9.79. The Morgan fingerprint density at radius 3 is 2.33 bits per heavy atom. The summed E-state index contributed by atoms with van der Waals surface area (Å²) in [6.45, 7) is 4.83. The number of piperidine rings is 1. The molecule has 0 spiro atoms. The van der Waals surface area contributed by atoms with Gasteiger partial charge in [0.1, 0.15) is 0 Å². The molecule has 0 bridgehead atoms. The largest absolute Gasteiger partial charge is 0.391 e. The van der Waals surface area contributed by atoms with Crippen LogP contribution >= 0.6 is 0 Å². The summed E-state index contributed by atoms with van der Waals surface area (Å²) in [5, 5.41) is 0. The van der Waals surface area contributed by atoms with Crippen LogP contribution in [-0.2, 0) is 0 Å². The van der Waals surface area contributed by atoms with E-state index in [0.717, 1.165) is 11.1 Å². The number of nitrogens with two attached hydrogens (primary N) is 1. The molecule has 2 N–H and O–H groups in total. The second-order valence-corrected chi connectivity index (χ2v) is 6.07. The van der Waals surface area contributed by atoms with Gasteiger partial charge in [-0.25, -0.2) is 0 Å². The Morgan fingerprint density at radius 2 is 1.86 bits per heavy atom. The normalized spacial score (nSPS) is 21.2. The third-order valence-electron chi connectivity index (χ3n) is 4.27. The minimum Gasteiger partial charge on any atom is -0.326 e. The van der Waals surface area contributed by atoms with Crippen molar-refractivity contribution in [2.75, 3.05) is 13.1 Å². The van der Waals surface area contributed by atoms with Gasteiger partial charge in [0.05, 0.1) is 5.92 Å². The molecule has 2 unspecified atom stereocenters. The summed E-state index contributed by atoms with van der Waals surface area (Å²) in [6.07, 6.45) is -3.74. The Morgan fingerprint density at radius 1 is 1.24 bits per heavy atom. The van der Waals surface area contributed by atoms with Crippen LogP contribution in [0.4, 0.5) is 13.2 Å². The van der Waals surface area contributed by atoms with Gasteiger partial charge in [-0.1, -0.05) is 29.8 Å². The molecule has 0 saturated carbocycles. The number of rotatable bonds is 3. The Balaban J connectivity index is 2.11. The lowest BCUT2D eigenvalue weighted by molar-refractivity contribution is -0.186. The first-order valence-electron chi connectivity index (χ1n) is 7.42. The van der Waals surface area contributed by atoms with E-state index in [2.05, 4.69) is 11.0 Å². The van der Waals surface area contributed by atoms with Crippen molar-refractivity contribution in [3.63, 3.8) is 0 Å². The van der Waals surface area contributed by atoms with Crippen molar-refractivity contribution in [1.29, 1.82) is 0 Å². The zero-order chi connectivity index (χ0) is 15.6. The van der Waals surface area contributed by atoms with Gasteiger partial charge in [-0.05, 0) is 45.3 Å². The average Bonchev–Trinajstić information content (AvgIpc) is 2.38. The highest BCUT2D eigenvalue weighted by Crippen LogP contribution is 2.37. The van der Waals surface area contributed by atoms with Gasteiger partial charge < -0.3 is 5.73 Å². The van der Waals surface area contributed by atoms with E-state index >= 15 is 0 Å². The number of nitrogens with zero attached hydrogens (tertiary/aromatic N) is 1. The van der Waals surface area contributed by atoms with Crippen molar-refractivity contribution < 1.29 is 13.2 Å². The molecule has 0 amide bonds. The Labute approximate surface area is 124 Å². The Hall–Kier alpha value is -1.07. The first kappa shape index (κ1) is 16.3. The molecule has 1 aliphatic heterocycles. The van der Waals surface area contributed by atoms with E-state index in [1.165, 1.54) is 0 Å². The lowest BCUT2D eigenvalue weighted by atomic mass is 9.91. The van der Waals surface area contributed by atoms with Gasteiger partial charge in [0.25, 0.3) is 0 Å². The topological polar surface area (TPSA) is 29.3 Å². The van der Waals surface area contributed by atoms with E-state index in [-0.39, 0.29) is 24.9 Å². The van der Waals surface area contributed by atoms with Crippen molar-refractivity contribution in [3.8, 4) is 0 Å². The molecule has 5 heteroatoms. The van der Waals surface area contributed by atoms with Crippen LogP contribution in [0.2, 0.25) is 0 Å². The smallest absolute Gasteiger partial charge is 0.326 e. The van der Waals surface area contributed by atoms with E-state index < -0.39 is 12.1 Å². The van der Waals surface area contributed by atoms with Crippen LogP contribution in [0, 0.1) is 12.8 Å². The fourth-order valence-electron chi connectivity index (χ4n) is 3.21. The van der Waals surface area contributed by atoms with Gasteiger partial charge in [-0.2, -0.15) is 13.2 Å². The maximum atomic E-state index is 12.8. The third-order valence-corrected chi connectivity index (χ3v) is 4.27. The molecule has 2 atom stereocenters. The van der Waals surface area contributed by atoms with Gasteiger partial charge in [0.2, 0.25) is 0 Å². The maximum absolute atomic E-state index is 12.8. The van der Waals surface area contributed by atoms with E-state index in [1.807, 2.05) is 32.0 Å². The molecule has 1 saturated heterocycles. The number of halogens is 3. The van der Waals surface area contributed by atoms with Gasteiger partial charge in [-0.3, -0.25) is 4.90 Å². The number of alkyl halides is 3. The van der Waals surface area contributed by atoms with Crippen LogP contribution in [0.3, 0.4) is 0 Å². The highest BCUT2D eigenvalue weighted by atomic mass is 19.4. The van der Waals surface area contributed by atoms with Gasteiger partial charge >= 0.3 is 6.18 Å². The number of benzene rings is 1. The molecular formula is C16H23F3N2. The van der Waals surface area contributed by atoms with Gasteiger partial charge in [-0.15, -0.1) is 0 Å². The monoisotopic (exact) mass is 300 g/mol. The molecule has 118 valence electrons. The molecule has 0 radical (unpaired) electrons. The summed E-state index contributed by atoms with van der Waals surface area (Å²) in [6, 6.07) is 7.94. The summed E-state index contributed by atoms with van der Waals surface area (Å²) in [5.74, 6) is -1.17. The van der Waals surface area contributed by atoms with Gasteiger partial charge in [0, 0.05) is 12.1 Å². The van der Waals surface area contributed by atoms with Crippen LogP contribution in [0.1, 0.15) is 36.9 Å². The zero-order valence-corrected chi connectivity index (χ0v) is 12.5. The van der Waals surface area contributed by atoms with E-state index in [0.29, 0.717) is 13.1 Å². The fourth-order valence-corrected chi connectivity index (χ4v) is 3.21. The van der Waals surface area contributed by atoms with Crippen molar-refractivity contribution in [2.45, 2.75) is 44.9 Å². The standard InChI is InChI=1S/C16H23F3N2/c1-11-4-3-5-13(10-11)15(12(2)20)21-8-6-14(7-9-21)16(17,18)19/h3-5,10,12,14-15H,6-9,20H2,1-2H3. The Kier molecular flexibility index (Phi) is 4.94. The van der Waals surface area contributed by atoms with Crippen molar-refractivity contribution in [3.05, 3.63) is 35.4 Å². The molecule has 1 aromatic carbocycles. The predicted octanol–water partition coefficient (Wildman–Crippen LogP) is 3.66. The zero-order valence-electron chi connectivity index (χ0n) is 12.5. The van der Waals surface area contributed by atoms with Crippen LogP contribution in [0.25, 0.3) is 0 Å². The molecule has 1 fully saturated rings. The number of hydrogen-bond donors (Lipinski definition) is 1. The lowest BCUT2D eigenvalue weighted by Gasteiger charge is -2.40. The minimum absolute atomic E-state index is 0.0147. The molecule has 0 aliphatic carbocycles. The van der Waals surface area contributed by atoms with E-state index in [4.69, 9.17) is 5.73 Å². The fraction of sp³-hybridized carbons (Fsp3) is 0.625. The molecule has 1 heterocycles. The molecule has 1 aliphatic rings. The SMILES string of the molecule is Cc1cccc(C(C(C)N)N2CCC(C(F)(F)F)CC2)c1. The molecule has 1 aromatic rings. The highest BCUT2D eigenvalue weighted by Gasteiger charge is 2.42. The molecule has 21 heavy (non-hydrogen) atoms. The summed E-state index contributed by atoms with van der Waals surface area (Å²) in [7, 11) is 0. The minimum atomic E-state index is -4.07. The van der Waals surface area contributed by atoms with Crippen molar-refractivity contribution in [2.24, 2.45) is 11.7 Å². The van der Waals surface area contributed by atoms with Crippen LogP contribution < -0.4 is 5.73 Å². The highest BCUT2D eigenvalue weighted by molar-refractivity contribution is 5.26. The second kappa shape index (κ2) is 6.36. The first-order valence-corrected chi connectivity index (χ1v) is 7.42. The van der Waals surface area contributed by atoms with Crippen LogP contribution in [-0.4, -0.2) is 30.2 Å². The van der Waals surface area contributed by atoms with Crippen molar-refractivity contribution in [1.82, 2.24) is 4.90 Å². The van der Waals surface area contributed by atoms with E-state index in [1.54, 1.807) is 0 Å². The predicted molar refractivity (Wildman–Crippen MR) is 77.9 cm³/mol. The van der Waals surface area contributed by atoms with Crippen LogP contribution in [0.15, 0.2) is 24.3 Å². The Bertz CT molecular complexity index is 463. The van der Waals surface area contributed by atoms with Crippen LogP contribution in [0.5, 0.6) is 0 Å². The summed E-state index contributed by atoms with van der Waals surface area (Å²) in [5.41, 5.74) is 8.34. The summed E-state index contributed by atoms with van der Waals surface area (Å²) in [4.78, 5) is 2.10. The number of likely N-dealkylation sites (tertiary alicyclic amines) is 1. The average molecular weight is 300 g/mol. The summed E-state index contributed by atoms with van der Waals surface area (Å²) < 4.78 is 38.3. The molecule has 2 rings (SSSR count). The second-order valence-electron chi connectivity index (χ2n) is 6.07. The number of hydrogen-bond acceptors (Lipinski definition) is 2. The molecule has 2 nitrogen and oxygen atoms in total.